The van der Waals surface area contributed by atoms with Crippen LogP contribution in [-0.4, -0.2) is 25.4 Å². The van der Waals surface area contributed by atoms with E-state index in [2.05, 4.69) is 4.72 Å². The van der Waals surface area contributed by atoms with Crippen LogP contribution in [0.2, 0.25) is 5.02 Å². The first-order chi connectivity index (χ1) is 10.0. The SMILES string of the molecule is CC(C)CC(C)(CN)NS(=O)(=O)c1ccc([N+](=O)[O-])cc1Cl.Cl. The number of sulfonamides is 1. The van der Waals surface area contributed by atoms with E-state index in [1.807, 2.05) is 13.8 Å². The zero-order valence-electron chi connectivity index (χ0n) is 13.1. The van der Waals surface area contributed by atoms with E-state index in [9.17, 15) is 18.5 Å². The molecule has 0 aliphatic carbocycles. The van der Waals surface area contributed by atoms with Crippen molar-refractivity contribution in [1.29, 1.82) is 0 Å². The largest absolute Gasteiger partial charge is 0.329 e. The Balaban J connectivity index is 0.00000484. The molecule has 1 aromatic rings. The molecule has 0 heterocycles. The lowest BCUT2D eigenvalue weighted by molar-refractivity contribution is -0.384. The average molecular weight is 386 g/mol. The highest BCUT2D eigenvalue weighted by atomic mass is 35.5. The van der Waals surface area contributed by atoms with Crippen LogP contribution in [0.3, 0.4) is 0 Å². The number of rotatable bonds is 7. The lowest BCUT2D eigenvalue weighted by Crippen LogP contribution is -2.52. The van der Waals surface area contributed by atoms with Crippen molar-refractivity contribution in [2.24, 2.45) is 11.7 Å². The van der Waals surface area contributed by atoms with Crippen molar-refractivity contribution in [1.82, 2.24) is 4.72 Å². The molecule has 0 aromatic heterocycles. The highest BCUT2D eigenvalue weighted by Crippen LogP contribution is 2.27. The van der Waals surface area contributed by atoms with Gasteiger partial charge in [-0.25, -0.2) is 13.1 Å². The number of hydrogen-bond acceptors (Lipinski definition) is 5. The minimum absolute atomic E-state index is 0. The molecule has 3 N–H and O–H groups in total. The van der Waals surface area contributed by atoms with Crippen molar-refractivity contribution in [3.05, 3.63) is 33.3 Å². The molecule has 1 atom stereocenters. The molecule has 7 nitrogen and oxygen atoms in total. The second-order valence-electron chi connectivity index (χ2n) is 5.84. The van der Waals surface area contributed by atoms with Crippen LogP contribution in [-0.2, 0) is 10.0 Å². The van der Waals surface area contributed by atoms with Crippen LogP contribution in [0, 0.1) is 16.0 Å². The topological polar surface area (TPSA) is 115 Å². The Morgan fingerprint density at radius 3 is 2.39 bits per heavy atom. The number of benzene rings is 1. The Morgan fingerprint density at radius 1 is 1.43 bits per heavy atom. The second kappa shape index (κ2) is 8.25. The van der Waals surface area contributed by atoms with Gasteiger partial charge < -0.3 is 5.73 Å². The van der Waals surface area contributed by atoms with E-state index < -0.39 is 20.5 Å². The molecule has 10 heteroatoms. The summed E-state index contributed by atoms with van der Waals surface area (Å²) in [6, 6.07) is 3.23. The van der Waals surface area contributed by atoms with Crippen LogP contribution < -0.4 is 10.5 Å². The summed E-state index contributed by atoms with van der Waals surface area (Å²) in [6.45, 7) is 5.75. The van der Waals surface area contributed by atoms with Gasteiger partial charge in [0.1, 0.15) is 4.90 Å². The average Bonchev–Trinajstić information content (AvgIpc) is 2.36. The van der Waals surface area contributed by atoms with Gasteiger partial charge in [0.05, 0.1) is 9.95 Å². The van der Waals surface area contributed by atoms with Crippen LogP contribution in [0.15, 0.2) is 23.1 Å². The van der Waals surface area contributed by atoms with E-state index in [1.165, 1.54) is 0 Å². The van der Waals surface area contributed by atoms with Gasteiger partial charge in [0, 0.05) is 24.2 Å². The lowest BCUT2D eigenvalue weighted by atomic mass is 9.92. The van der Waals surface area contributed by atoms with Gasteiger partial charge in [-0.05, 0) is 25.3 Å². The molecular weight excluding hydrogens is 365 g/mol. The highest BCUT2D eigenvalue weighted by molar-refractivity contribution is 7.89. The first-order valence-electron chi connectivity index (χ1n) is 6.69. The third kappa shape index (κ3) is 5.89. The fraction of sp³-hybridized carbons (Fsp3) is 0.538. The molecule has 0 spiro atoms. The van der Waals surface area contributed by atoms with Gasteiger partial charge in [-0.15, -0.1) is 12.4 Å². The standard InChI is InChI=1S/C13H20ClN3O4S.ClH/c1-9(2)7-13(3,8-15)16-22(20,21)12-5-4-10(17(18)19)6-11(12)14;/h4-6,9,16H,7-8,15H2,1-3H3;1H. The van der Waals surface area contributed by atoms with Crippen molar-refractivity contribution < 1.29 is 13.3 Å². The predicted molar refractivity (Wildman–Crippen MR) is 92.6 cm³/mol. The second-order valence-corrected chi connectivity index (χ2v) is 7.90. The van der Waals surface area contributed by atoms with Crippen LogP contribution in [0.25, 0.3) is 0 Å². The van der Waals surface area contributed by atoms with Gasteiger partial charge in [0.15, 0.2) is 0 Å². The Labute approximate surface area is 147 Å². The number of nitro groups is 1. The Hall–Kier alpha value is -0.930. The quantitative estimate of drug-likeness (QED) is 0.552. The summed E-state index contributed by atoms with van der Waals surface area (Å²) >= 11 is 5.88. The summed E-state index contributed by atoms with van der Waals surface area (Å²) < 4.78 is 27.5. The first-order valence-corrected chi connectivity index (χ1v) is 8.55. The summed E-state index contributed by atoms with van der Waals surface area (Å²) in [4.78, 5) is 9.83. The van der Waals surface area contributed by atoms with Crippen LogP contribution >= 0.6 is 24.0 Å². The molecule has 0 saturated heterocycles. The van der Waals surface area contributed by atoms with E-state index in [0.29, 0.717) is 6.42 Å². The van der Waals surface area contributed by atoms with Gasteiger partial charge in [0.2, 0.25) is 10.0 Å². The fourth-order valence-electron chi connectivity index (χ4n) is 2.27. The van der Waals surface area contributed by atoms with Gasteiger partial charge in [0.25, 0.3) is 5.69 Å². The normalized spacial score (nSPS) is 14.2. The van der Waals surface area contributed by atoms with Crippen molar-refractivity contribution in [3.63, 3.8) is 0 Å². The fourth-order valence-corrected chi connectivity index (χ4v) is 4.24. The third-order valence-electron chi connectivity index (χ3n) is 3.11. The van der Waals surface area contributed by atoms with Crippen LogP contribution in [0.5, 0.6) is 0 Å². The van der Waals surface area contributed by atoms with E-state index in [4.69, 9.17) is 17.3 Å². The maximum absolute atomic E-state index is 12.5. The Bertz CT molecular complexity index is 667. The summed E-state index contributed by atoms with van der Waals surface area (Å²) in [7, 11) is -3.93. The molecule has 0 bridgehead atoms. The summed E-state index contributed by atoms with van der Waals surface area (Å²) in [6.07, 6.45) is 0.549. The number of nitro benzene ring substituents is 1. The molecule has 1 unspecified atom stereocenters. The van der Waals surface area contributed by atoms with Gasteiger partial charge in [-0.3, -0.25) is 10.1 Å². The first kappa shape index (κ1) is 22.1. The van der Waals surface area contributed by atoms with E-state index >= 15 is 0 Å². The molecule has 23 heavy (non-hydrogen) atoms. The molecule has 0 saturated carbocycles. The smallest absolute Gasteiger partial charge is 0.271 e. The number of halogens is 2. The van der Waals surface area contributed by atoms with Crippen LogP contribution in [0.1, 0.15) is 27.2 Å². The maximum atomic E-state index is 12.5. The minimum Gasteiger partial charge on any atom is -0.329 e. The summed E-state index contributed by atoms with van der Waals surface area (Å²) in [5, 5.41) is 10.5. The van der Waals surface area contributed by atoms with E-state index in [-0.39, 0.29) is 40.5 Å². The van der Waals surface area contributed by atoms with Crippen LogP contribution in [0.4, 0.5) is 5.69 Å². The lowest BCUT2D eigenvalue weighted by Gasteiger charge is -2.30. The molecule has 1 rings (SSSR count). The molecule has 0 amide bonds. The minimum atomic E-state index is -3.93. The van der Waals surface area contributed by atoms with Crippen molar-refractivity contribution >= 4 is 39.7 Å². The number of hydrogen-bond donors (Lipinski definition) is 2. The van der Waals surface area contributed by atoms with Crippen molar-refractivity contribution in [3.8, 4) is 0 Å². The summed E-state index contributed by atoms with van der Waals surface area (Å²) in [5.74, 6) is 0.239. The van der Waals surface area contributed by atoms with Gasteiger partial charge in [-0.2, -0.15) is 0 Å². The molecule has 0 radical (unpaired) electrons. The molecule has 1 aromatic carbocycles. The van der Waals surface area contributed by atoms with E-state index in [1.54, 1.807) is 6.92 Å². The molecule has 0 fully saturated rings. The van der Waals surface area contributed by atoms with E-state index in [0.717, 1.165) is 18.2 Å². The van der Waals surface area contributed by atoms with Gasteiger partial charge >= 0.3 is 0 Å². The van der Waals surface area contributed by atoms with Gasteiger partial charge in [-0.1, -0.05) is 25.4 Å². The number of nitrogens with one attached hydrogen (secondary N) is 1. The van der Waals surface area contributed by atoms with Crippen molar-refractivity contribution in [2.75, 3.05) is 6.54 Å². The number of non-ortho nitro benzene ring substituents is 1. The Kier molecular flexibility index (Phi) is 7.92. The zero-order valence-corrected chi connectivity index (χ0v) is 15.5. The molecule has 0 aliphatic heterocycles. The predicted octanol–water partition coefficient (Wildman–Crippen LogP) is 2.71. The number of nitrogens with zero attached hydrogens (tertiary/aromatic N) is 1. The number of nitrogens with two attached hydrogens (primary N) is 1. The molecule has 132 valence electrons. The summed E-state index contributed by atoms with van der Waals surface area (Å²) in [5.41, 5.74) is 4.60. The molecular formula is C13H21Cl2N3O4S. The molecule has 0 aliphatic rings. The Morgan fingerprint density at radius 2 is 2.00 bits per heavy atom. The highest BCUT2D eigenvalue weighted by Gasteiger charge is 2.31. The maximum Gasteiger partial charge on any atom is 0.271 e. The monoisotopic (exact) mass is 385 g/mol. The van der Waals surface area contributed by atoms with Crippen molar-refractivity contribution in [2.45, 2.75) is 37.6 Å². The zero-order chi connectivity index (χ0) is 17.1. The third-order valence-corrected chi connectivity index (χ3v) is 5.23.